The molecular formula is C16H24F3IN6O. The number of ether oxygens (including phenoxy) is 1. The van der Waals surface area contributed by atoms with Crippen molar-refractivity contribution in [1.29, 1.82) is 0 Å². The molecule has 1 aromatic heterocycles. The zero-order chi connectivity index (χ0) is 18.6. The molecule has 0 aliphatic carbocycles. The standard InChI is InChI=1S/C16H23F3N6O.HI/c1-2-20-14(24-11-9-10-3-4-12(11)26-10)22-7-8-23-15-21-6-5-13(25-15)16(17,18)19;/h5-6,10-12H,2-4,7-9H2,1H3,(H2,20,22,24)(H,21,23,25);1H. The normalized spacial score (nSPS) is 24.4. The van der Waals surface area contributed by atoms with E-state index < -0.39 is 11.9 Å². The highest BCUT2D eigenvalue weighted by Crippen LogP contribution is 2.34. The number of fused-ring (bicyclic) bond motifs is 2. The number of hydrogen-bond acceptors (Lipinski definition) is 5. The van der Waals surface area contributed by atoms with E-state index in [1.807, 2.05) is 6.92 Å². The summed E-state index contributed by atoms with van der Waals surface area (Å²) in [6.07, 6.45) is 0.351. The summed E-state index contributed by atoms with van der Waals surface area (Å²) in [5.41, 5.74) is -0.968. The minimum Gasteiger partial charge on any atom is -0.373 e. The molecule has 2 saturated heterocycles. The van der Waals surface area contributed by atoms with Gasteiger partial charge in [0.15, 0.2) is 5.96 Å². The van der Waals surface area contributed by atoms with Crippen molar-refractivity contribution in [1.82, 2.24) is 20.6 Å². The Morgan fingerprint density at radius 1 is 1.37 bits per heavy atom. The minimum atomic E-state index is -4.48. The Morgan fingerprint density at radius 3 is 2.81 bits per heavy atom. The zero-order valence-electron chi connectivity index (χ0n) is 14.9. The summed E-state index contributed by atoms with van der Waals surface area (Å²) in [6.45, 7) is 3.39. The van der Waals surface area contributed by atoms with Crippen LogP contribution in [0.15, 0.2) is 17.3 Å². The fourth-order valence-corrected chi connectivity index (χ4v) is 3.22. The summed E-state index contributed by atoms with van der Waals surface area (Å²) in [7, 11) is 0. The van der Waals surface area contributed by atoms with E-state index in [0.717, 1.165) is 38.1 Å². The maximum absolute atomic E-state index is 12.6. The van der Waals surface area contributed by atoms with E-state index in [-0.39, 0.29) is 42.1 Å². The number of anilines is 1. The molecule has 0 spiro atoms. The molecule has 27 heavy (non-hydrogen) atoms. The largest absolute Gasteiger partial charge is 0.433 e. The van der Waals surface area contributed by atoms with E-state index in [0.29, 0.717) is 25.2 Å². The average Bonchev–Trinajstić information content (AvgIpc) is 3.21. The minimum absolute atomic E-state index is 0. The summed E-state index contributed by atoms with van der Waals surface area (Å²) in [6, 6.07) is 1.10. The molecule has 3 atom stereocenters. The van der Waals surface area contributed by atoms with Crippen LogP contribution in [-0.4, -0.2) is 53.8 Å². The van der Waals surface area contributed by atoms with Crippen molar-refractivity contribution < 1.29 is 17.9 Å². The molecule has 3 rings (SSSR count). The van der Waals surface area contributed by atoms with Gasteiger partial charge >= 0.3 is 6.18 Å². The third kappa shape index (κ3) is 6.06. The third-order valence-corrected chi connectivity index (χ3v) is 4.38. The second kappa shape index (κ2) is 9.71. The van der Waals surface area contributed by atoms with Crippen LogP contribution in [0.25, 0.3) is 0 Å². The van der Waals surface area contributed by atoms with Crippen molar-refractivity contribution in [3.8, 4) is 0 Å². The van der Waals surface area contributed by atoms with Crippen molar-refractivity contribution in [2.75, 3.05) is 25.0 Å². The highest BCUT2D eigenvalue weighted by Gasteiger charge is 2.41. The topological polar surface area (TPSA) is 83.5 Å². The van der Waals surface area contributed by atoms with Gasteiger partial charge < -0.3 is 20.7 Å². The maximum atomic E-state index is 12.6. The molecule has 2 bridgehead atoms. The molecule has 2 aliphatic heterocycles. The lowest BCUT2D eigenvalue weighted by atomic mass is 9.96. The van der Waals surface area contributed by atoms with Gasteiger partial charge in [0.05, 0.1) is 24.8 Å². The van der Waals surface area contributed by atoms with Gasteiger partial charge in [-0.1, -0.05) is 0 Å². The monoisotopic (exact) mass is 500 g/mol. The number of hydrogen-bond donors (Lipinski definition) is 3. The first kappa shape index (κ1) is 21.9. The van der Waals surface area contributed by atoms with Crippen LogP contribution in [0.2, 0.25) is 0 Å². The van der Waals surface area contributed by atoms with Crippen LogP contribution in [0.4, 0.5) is 19.1 Å². The molecule has 3 N–H and O–H groups in total. The average molecular weight is 500 g/mol. The maximum Gasteiger partial charge on any atom is 0.433 e. The van der Waals surface area contributed by atoms with Crippen molar-refractivity contribution >= 4 is 35.9 Å². The molecule has 2 fully saturated rings. The van der Waals surface area contributed by atoms with Gasteiger partial charge in [-0.3, -0.25) is 4.99 Å². The molecule has 3 heterocycles. The SMILES string of the molecule is CCNC(=NCCNc1nccc(C(F)(F)F)n1)NC1CC2CCC1O2.I. The first-order chi connectivity index (χ1) is 12.5. The molecule has 11 heteroatoms. The Bertz CT molecular complexity index is 645. The van der Waals surface area contributed by atoms with Crippen LogP contribution in [0.5, 0.6) is 0 Å². The lowest BCUT2D eigenvalue weighted by Gasteiger charge is -2.22. The van der Waals surface area contributed by atoms with Gasteiger partial charge in [0.1, 0.15) is 5.69 Å². The Hall–Kier alpha value is -1.37. The van der Waals surface area contributed by atoms with Crippen LogP contribution in [0, 0.1) is 0 Å². The smallest absolute Gasteiger partial charge is 0.373 e. The highest BCUT2D eigenvalue weighted by molar-refractivity contribution is 14.0. The van der Waals surface area contributed by atoms with Gasteiger partial charge in [-0.05, 0) is 32.3 Å². The van der Waals surface area contributed by atoms with Gasteiger partial charge in [-0.2, -0.15) is 13.2 Å². The van der Waals surface area contributed by atoms with E-state index in [4.69, 9.17) is 4.74 Å². The quantitative estimate of drug-likeness (QED) is 0.241. The summed E-state index contributed by atoms with van der Waals surface area (Å²) in [5.74, 6) is 0.620. The summed E-state index contributed by atoms with van der Waals surface area (Å²) >= 11 is 0. The number of nitrogens with zero attached hydrogens (tertiary/aromatic N) is 3. The third-order valence-electron chi connectivity index (χ3n) is 4.38. The number of alkyl halides is 3. The van der Waals surface area contributed by atoms with E-state index in [1.165, 1.54) is 0 Å². The predicted molar refractivity (Wildman–Crippen MR) is 106 cm³/mol. The van der Waals surface area contributed by atoms with Gasteiger partial charge in [-0.15, -0.1) is 24.0 Å². The first-order valence-electron chi connectivity index (χ1n) is 8.80. The van der Waals surface area contributed by atoms with E-state index in [2.05, 4.69) is 30.9 Å². The van der Waals surface area contributed by atoms with Crippen LogP contribution >= 0.6 is 24.0 Å². The van der Waals surface area contributed by atoms with E-state index >= 15 is 0 Å². The Labute approximate surface area is 173 Å². The summed E-state index contributed by atoms with van der Waals surface area (Å²) < 4.78 is 43.7. The second-order valence-corrected chi connectivity index (χ2v) is 6.31. The Morgan fingerprint density at radius 2 is 2.19 bits per heavy atom. The van der Waals surface area contributed by atoms with Crippen molar-refractivity contribution in [3.63, 3.8) is 0 Å². The molecule has 3 unspecified atom stereocenters. The summed E-state index contributed by atoms with van der Waals surface area (Å²) in [5, 5.41) is 9.32. The molecule has 1 aromatic rings. The molecule has 2 aliphatic rings. The van der Waals surface area contributed by atoms with Crippen LogP contribution in [-0.2, 0) is 10.9 Å². The lowest BCUT2D eigenvalue weighted by molar-refractivity contribution is -0.141. The van der Waals surface area contributed by atoms with E-state index in [1.54, 1.807) is 0 Å². The van der Waals surface area contributed by atoms with E-state index in [9.17, 15) is 13.2 Å². The fourth-order valence-electron chi connectivity index (χ4n) is 3.22. The molecule has 7 nitrogen and oxygen atoms in total. The van der Waals surface area contributed by atoms with Crippen molar-refractivity contribution in [2.24, 2.45) is 4.99 Å². The Balaban J connectivity index is 0.00000261. The van der Waals surface area contributed by atoms with Gasteiger partial charge in [0.25, 0.3) is 0 Å². The predicted octanol–water partition coefficient (Wildman–Crippen LogP) is 2.40. The molecule has 0 aromatic carbocycles. The lowest BCUT2D eigenvalue weighted by Crippen LogP contribution is -2.47. The first-order valence-corrected chi connectivity index (χ1v) is 8.80. The molecule has 152 valence electrons. The number of nitrogens with one attached hydrogen (secondary N) is 3. The van der Waals surface area contributed by atoms with Crippen LogP contribution in [0.1, 0.15) is 31.9 Å². The number of halogens is 4. The molecular weight excluding hydrogens is 476 g/mol. The summed E-state index contributed by atoms with van der Waals surface area (Å²) in [4.78, 5) is 11.7. The van der Waals surface area contributed by atoms with Gasteiger partial charge in [0, 0.05) is 19.3 Å². The molecule has 0 radical (unpaired) electrons. The van der Waals surface area contributed by atoms with Crippen molar-refractivity contribution in [3.05, 3.63) is 18.0 Å². The number of rotatable bonds is 6. The molecule has 0 amide bonds. The molecule has 0 saturated carbocycles. The van der Waals surface area contributed by atoms with Crippen LogP contribution in [0.3, 0.4) is 0 Å². The highest BCUT2D eigenvalue weighted by atomic mass is 127. The zero-order valence-corrected chi connectivity index (χ0v) is 17.3. The number of aromatic nitrogens is 2. The van der Waals surface area contributed by atoms with Crippen molar-refractivity contribution in [2.45, 2.75) is 50.6 Å². The number of guanidine groups is 1. The second-order valence-electron chi connectivity index (χ2n) is 6.31. The van der Waals surface area contributed by atoms with Crippen LogP contribution < -0.4 is 16.0 Å². The Kier molecular flexibility index (Phi) is 7.89. The van der Waals surface area contributed by atoms with Gasteiger partial charge in [-0.25, -0.2) is 9.97 Å². The number of aliphatic imine (C=N–C) groups is 1. The fraction of sp³-hybridized carbons (Fsp3) is 0.688. The van der Waals surface area contributed by atoms with Gasteiger partial charge in [0.2, 0.25) is 5.95 Å².